The number of carbonyl (C=O) groups excluding carboxylic acids is 1. The van der Waals surface area contributed by atoms with E-state index in [4.69, 9.17) is 17.3 Å². The molecule has 148 valence electrons. The number of hydrogen-bond acceptors (Lipinski definition) is 5. The van der Waals surface area contributed by atoms with Gasteiger partial charge in [0.25, 0.3) is 10.0 Å². The zero-order valence-electron chi connectivity index (χ0n) is 14.7. The van der Waals surface area contributed by atoms with Crippen LogP contribution in [-0.2, 0) is 21.4 Å². The summed E-state index contributed by atoms with van der Waals surface area (Å²) in [4.78, 5) is 18.2. The van der Waals surface area contributed by atoms with E-state index in [9.17, 15) is 13.2 Å². The van der Waals surface area contributed by atoms with Gasteiger partial charge in [-0.3, -0.25) is 4.79 Å². The molecular weight excluding hydrogens is 423 g/mol. The molecule has 4 rings (SSSR count). The highest BCUT2D eigenvalue weighted by molar-refractivity contribution is 7.90. The molecule has 3 heterocycles. The molecule has 0 aliphatic carbocycles. The van der Waals surface area contributed by atoms with Crippen LogP contribution in [0.5, 0.6) is 0 Å². The number of aromatic nitrogens is 2. The summed E-state index contributed by atoms with van der Waals surface area (Å²) in [6.45, 7) is 0.619. The van der Waals surface area contributed by atoms with Crippen LogP contribution < -0.4 is 5.73 Å². The Balaban J connectivity index is 0.00000225. The molecular formula is C18H18Cl2N4O3S. The summed E-state index contributed by atoms with van der Waals surface area (Å²) < 4.78 is 27.9. The lowest BCUT2D eigenvalue weighted by molar-refractivity contribution is -0.129. The number of amides is 1. The largest absolute Gasteiger partial charge is 0.335 e. The maximum Gasteiger partial charge on any atom is 0.268 e. The Kier molecular flexibility index (Phi) is 5.67. The number of halogens is 2. The first-order chi connectivity index (χ1) is 12.9. The van der Waals surface area contributed by atoms with Gasteiger partial charge in [-0.25, -0.2) is 17.4 Å². The van der Waals surface area contributed by atoms with E-state index >= 15 is 0 Å². The number of fused-ring (bicyclic) bond motifs is 1. The van der Waals surface area contributed by atoms with Gasteiger partial charge in [0.2, 0.25) is 5.91 Å². The van der Waals surface area contributed by atoms with Crippen molar-refractivity contribution in [3.63, 3.8) is 0 Å². The maximum absolute atomic E-state index is 13.3. The summed E-state index contributed by atoms with van der Waals surface area (Å²) in [6.07, 6.45) is 0.550. The molecule has 1 aliphatic rings. The minimum absolute atomic E-state index is 0. The first-order valence-electron chi connectivity index (χ1n) is 8.40. The van der Waals surface area contributed by atoms with Gasteiger partial charge in [0.05, 0.1) is 34.2 Å². The number of nitrogens with two attached hydrogens (primary N) is 1. The van der Waals surface area contributed by atoms with E-state index in [2.05, 4.69) is 4.98 Å². The molecule has 1 fully saturated rings. The van der Waals surface area contributed by atoms with Crippen molar-refractivity contribution in [3.05, 3.63) is 59.4 Å². The molecule has 2 aromatic heterocycles. The van der Waals surface area contributed by atoms with Crippen molar-refractivity contribution < 1.29 is 13.2 Å². The summed E-state index contributed by atoms with van der Waals surface area (Å²) in [5.74, 6) is -0.185. The molecule has 0 saturated carbocycles. The monoisotopic (exact) mass is 440 g/mol. The molecule has 0 radical (unpaired) electrons. The van der Waals surface area contributed by atoms with Gasteiger partial charge >= 0.3 is 0 Å². The third kappa shape index (κ3) is 3.48. The van der Waals surface area contributed by atoms with Crippen molar-refractivity contribution in [2.75, 3.05) is 6.54 Å². The molecule has 0 unspecified atom stereocenters. The van der Waals surface area contributed by atoms with Gasteiger partial charge in [-0.1, -0.05) is 29.8 Å². The molecule has 0 bridgehead atoms. The average Bonchev–Trinajstić information content (AvgIpc) is 3.17. The fourth-order valence-electron chi connectivity index (χ4n) is 3.30. The Hall–Kier alpha value is -2.13. The van der Waals surface area contributed by atoms with Crippen molar-refractivity contribution in [2.24, 2.45) is 5.73 Å². The molecule has 0 spiro atoms. The second kappa shape index (κ2) is 7.71. The highest BCUT2D eigenvalue weighted by Crippen LogP contribution is 2.27. The fraction of sp³-hybridized carbons (Fsp3) is 0.222. The summed E-state index contributed by atoms with van der Waals surface area (Å²) in [7, 11) is -3.87. The van der Waals surface area contributed by atoms with Crippen LogP contribution in [0.3, 0.4) is 0 Å². The first-order valence-corrected chi connectivity index (χ1v) is 10.2. The van der Waals surface area contributed by atoms with Crippen LogP contribution in [0.15, 0.2) is 53.4 Å². The maximum atomic E-state index is 13.3. The minimum atomic E-state index is -3.87. The number of pyridine rings is 1. The summed E-state index contributed by atoms with van der Waals surface area (Å²) >= 11 is 5.97. The molecule has 28 heavy (non-hydrogen) atoms. The molecule has 10 heteroatoms. The molecule has 1 aliphatic heterocycles. The second-order valence-corrected chi connectivity index (χ2v) is 8.59. The third-order valence-corrected chi connectivity index (χ3v) is 6.61. The van der Waals surface area contributed by atoms with Crippen molar-refractivity contribution >= 4 is 51.0 Å². The molecule has 2 N–H and O–H groups in total. The zero-order chi connectivity index (χ0) is 19.2. The van der Waals surface area contributed by atoms with E-state index in [0.717, 1.165) is 0 Å². The topological polar surface area (TPSA) is 98.3 Å². The van der Waals surface area contributed by atoms with Crippen LogP contribution in [-0.4, -0.2) is 40.8 Å². The van der Waals surface area contributed by atoms with Crippen LogP contribution in [0, 0.1) is 0 Å². The third-order valence-electron chi connectivity index (χ3n) is 4.62. The van der Waals surface area contributed by atoms with Crippen LogP contribution in [0.25, 0.3) is 11.0 Å². The number of rotatable bonds is 4. The van der Waals surface area contributed by atoms with E-state index in [1.54, 1.807) is 41.3 Å². The lowest BCUT2D eigenvalue weighted by Gasteiger charge is -2.18. The molecule has 1 aromatic carbocycles. The lowest BCUT2D eigenvalue weighted by Crippen LogP contribution is -2.34. The standard InChI is InChI=1S/C18H17ClN4O3S.ClH/c19-17-7-6-16-15(21-17)10-12(11-22-9-8-14(20)18(22)24)23(16)27(25,26)13-4-2-1-3-5-13;/h1-7,10,14H,8-9,11,20H2;1H/t14-;/m0./s1. The summed E-state index contributed by atoms with van der Waals surface area (Å²) in [5, 5.41) is 0.266. The fourth-order valence-corrected chi connectivity index (χ4v) is 5.00. The molecule has 7 nitrogen and oxygen atoms in total. The molecule has 1 atom stereocenters. The van der Waals surface area contributed by atoms with Gasteiger partial charge in [-0.05, 0) is 36.8 Å². The second-order valence-electron chi connectivity index (χ2n) is 6.41. The Labute approximate surface area is 173 Å². The van der Waals surface area contributed by atoms with Crippen molar-refractivity contribution in [2.45, 2.75) is 23.9 Å². The SMILES string of the molecule is Cl.N[C@H]1CCN(Cc2cc3nc(Cl)ccc3n2S(=O)(=O)c2ccccc2)C1=O. The molecule has 1 amide bonds. The van der Waals surface area contributed by atoms with Crippen LogP contribution >= 0.6 is 24.0 Å². The van der Waals surface area contributed by atoms with Gasteiger partial charge in [-0.15, -0.1) is 12.4 Å². The molecule has 1 saturated heterocycles. The minimum Gasteiger partial charge on any atom is -0.335 e. The van der Waals surface area contributed by atoms with E-state index in [0.29, 0.717) is 29.7 Å². The van der Waals surface area contributed by atoms with E-state index in [-0.39, 0.29) is 34.9 Å². The number of benzene rings is 1. The first kappa shape index (κ1) is 20.6. The van der Waals surface area contributed by atoms with Gasteiger partial charge < -0.3 is 10.6 Å². The van der Waals surface area contributed by atoms with Crippen LogP contribution in [0.4, 0.5) is 0 Å². The van der Waals surface area contributed by atoms with Crippen LogP contribution in [0.2, 0.25) is 5.15 Å². The van der Waals surface area contributed by atoms with Crippen molar-refractivity contribution in [1.82, 2.24) is 13.9 Å². The summed E-state index contributed by atoms with van der Waals surface area (Å²) in [5.41, 5.74) is 7.09. The Morgan fingerprint density at radius 2 is 1.89 bits per heavy atom. The number of hydrogen-bond donors (Lipinski definition) is 1. The average molecular weight is 441 g/mol. The molecule has 3 aromatic rings. The van der Waals surface area contributed by atoms with E-state index in [1.165, 1.54) is 16.1 Å². The highest BCUT2D eigenvalue weighted by Gasteiger charge is 2.31. The lowest BCUT2D eigenvalue weighted by atomic mass is 10.3. The van der Waals surface area contributed by atoms with Gasteiger partial charge in [0.1, 0.15) is 5.15 Å². The number of nitrogens with zero attached hydrogens (tertiary/aromatic N) is 3. The Morgan fingerprint density at radius 3 is 2.54 bits per heavy atom. The van der Waals surface area contributed by atoms with E-state index in [1.807, 2.05) is 0 Å². The Morgan fingerprint density at radius 1 is 1.18 bits per heavy atom. The van der Waals surface area contributed by atoms with Gasteiger partial charge in [0, 0.05) is 6.54 Å². The van der Waals surface area contributed by atoms with Crippen molar-refractivity contribution in [1.29, 1.82) is 0 Å². The smallest absolute Gasteiger partial charge is 0.268 e. The number of carbonyl (C=O) groups is 1. The normalized spacial score (nSPS) is 17.1. The Bertz CT molecular complexity index is 1130. The number of likely N-dealkylation sites (tertiary alicyclic amines) is 1. The highest BCUT2D eigenvalue weighted by atomic mass is 35.5. The predicted molar refractivity (Wildman–Crippen MR) is 109 cm³/mol. The van der Waals surface area contributed by atoms with Gasteiger partial charge in [-0.2, -0.15) is 0 Å². The quantitative estimate of drug-likeness (QED) is 0.627. The van der Waals surface area contributed by atoms with Crippen LogP contribution in [0.1, 0.15) is 12.1 Å². The van der Waals surface area contributed by atoms with E-state index < -0.39 is 16.1 Å². The zero-order valence-corrected chi connectivity index (χ0v) is 17.0. The predicted octanol–water partition coefficient (Wildman–Crippen LogP) is 2.41. The van der Waals surface area contributed by atoms with Gasteiger partial charge in [0.15, 0.2) is 0 Å². The van der Waals surface area contributed by atoms with Crippen molar-refractivity contribution in [3.8, 4) is 0 Å². The summed E-state index contributed by atoms with van der Waals surface area (Å²) in [6, 6.07) is 12.4.